The first-order valence-corrected chi connectivity index (χ1v) is 17.8. The van der Waals surface area contributed by atoms with Crippen molar-refractivity contribution >= 4 is 17.7 Å². The summed E-state index contributed by atoms with van der Waals surface area (Å²) in [7, 11) is 3.18. The second-order valence-corrected chi connectivity index (χ2v) is 13.4. The minimum Gasteiger partial charge on any atom is -0.493 e. The Morgan fingerprint density at radius 2 is 1.73 bits per heavy atom. The van der Waals surface area contributed by atoms with Gasteiger partial charge in [-0.05, 0) is 86.3 Å². The number of carbonyl (C=O) groups is 3. The van der Waals surface area contributed by atoms with Gasteiger partial charge in [-0.15, -0.1) is 0 Å². The Labute approximate surface area is 289 Å². The number of benzene rings is 2. The molecule has 11 nitrogen and oxygen atoms in total. The Morgan fingerprint density at radius 3 is 2.49 bits per heavy atom. The fraction of sp³-hybridized carbons (Fsp3) is 0.605. The predicted molar refractivity (Wildman–Crippen MR) is 183 cm³/mol. The van der Waals surface area contributed by atoms with Gasteiger partial charge in [0.15, 0.2) is 11.5 Å². The summed E-state index contributed by atoms with van der Waals surface area (Å²) >= 11 is 0. The van der Waals surface area contributed by atoms with Crippen molar-refractivity contribution in [2.45, 2.75) is 82.5 Å². The molecule has 0 spiro atoms. The third-order valence-corrected chi connectivity index (χ3v) is 10.3. The van der Waals surface area contributed by atoms with E-state index in [4.69, 9.17) is 23.7 Å². The van der Waals surface area contributed by atoms with E-state index in [1.165, 1.54) is 4.90 Å². The number of rotatable bonds is 14. The lowest BCUT2D eigenvalue weighted by molar-refractivity contribution is -0.169. The molecule has 5 rings (SSSR count). The number of ether oxygens (including phenoxy) is 5. The van der Waals surface area contributed by atoms with Crippen LogP contribution in [0, 0.1) is 5.92 Å². The Kier molecular flexibility index (Phi) is 12.9. The lowest BCUT2D eigenvalue weighted by Crippen LogP contribution is -2.58. The fourth-order valence-corrected chi connectivity index (χ4v) is 7.17. The number of likely N-dealkylation sites (tertiary alicyclic amines) is 1. The molecule has 2 heterocycles. The number of nitrogens with zero attached hydrogens (tertiary/aromatic N) is 2. The van der Waals surface area contributed by atoms with Crippen LogP contribution in [0.25, 0.3) is 0 Å². The van der Waals surface area contributed by atoms with Crippen LogP contribution in [0.2, 0.25) is 0 Å². The third-order valence-electron chi connectivity index (χ3n) is 10.3. The van der Waals surface area contributed by atoms with Gasteiger partial charge < -0.3 is 33.7 Å². The van der Waals surface area contributed by atoms with E-state index < -0.39 is 35.4 Å². The highest BCUT2D eigenvalue weighted by Crippen LogP contribution is 2.36. The summed E-state index contributed by atoms with van der Waals surface area (Å²) in [5.41, 5.74) is 0.0464. The number of morpholine rings is 1. The van der Waals surface area contributed by atoms with Gasteiger partial charge in [-0.1, -0.05) is 38.0 Å². The van der Waals surface area contributed by atoms with E-state index in [-0.39, 0.29) is 18.9 Å². The van der Waals surface area contributed by atoms with Crippen LogP contribution in [0.1, 0.15) is 75.5 Å². The van der Waals surface area contributed by atoms with Crippen molar-refractivity contribution in [3.8, 4) is 17.2 Å². The number of aryl methyl sites for hydroxylation is 1. The van der Waals surface area contributed by atoms with Crippen LogP contribution in [0.15, 0.2) is 42.5 Å². The largest absolute Gasteiger partial charge is 0.493 e. The molecule has 0 aromatic heterocycles. The first kappa shape index (κ1) is 36.6. The zero-order chi connectivity index (χ0) is 34.8. The first-order valence-electron chi connectivity index (χ1n) is 17.8. The molecule has 2 aliphatic heterocycles. The van der Waals surface area contributed by atoms with Crippen molar-refractivity contribution in [1.82, 2.24) is 9.80 Å². The molecule has 2 aromatic rings. The molecular weight excluding hydrogens is 628 g/mol. The van der Waals surface area contributed by atoms with E-state index in [2.05, 4.69) is 4.90 Å². The SMILES string of the molecule is COc1ccc(CC[C@@H](OC(=O)C2CCCCN2C(=O)C(=O)[C@@]2(O)CCCC[C@H]2C)c2cccc(OCCN3CCOCC3)c2)cc1OC. The molecule has 2 saturated heterocycles. The zero-order valence-corrected chi connectivity index (χ0v) is 29.2. The minimum absolute atomic E-state index is 0.255. The van der Waals surface area contributed by atoms with Gasteiger partial charge in [-0.3, -0.25) is 14.5 Å². The highest BCUT2D eigenvalue weighted by Gasteiger charge is 2.49. The molecule has 0 bridgehead atoms. The molecule has 4 atom stereocenters. The second-order valence-electron chi connectivity index (χ2n) is 13.4. The van der Waals surface area contributed by atoms with Crippen LogP contribution in [-0.2, 0) is 30.3 Å². The summed E-state index contributed by atoms with van der Waals surface area (Å²) in [4.78, 5) is 44.8. The normalized spacial score (nSPS) is 23.7. The van der Waals surface area contributed by atoms with E-state index in [9.17, 15) is 19.5 Å². The van der Waals surface area contributed by atoms with Crippen LogP contribution in [0.5, 0.6) is 17.2 Å². The number of hydrogen-bond donors (Lipinski definition) is 1. The maximum Gasteiger partial charge on any atom is 0.329 e. The Morgan fingerprint density at radius 1 is 0.959 bits per heavy atom. The molecular formula is C38H52N2O9. The molecule has 3 fully saturated rings. The summed E-state index contributed by atoms with van der Waals surface area (Å²) in [6.07, 6.45) is 4.68. The standard InChI is InChI=1S/C38H52N2O9/c1-27-9-4-6-17-38(27,44)35(41)36(42)40-18-7-5-12-31(40)37(43)49-32(15-13-28-14-16-33(45-2)34(25-28)46-3)29-10-8-11-30(26-29)48-24-21-39-19-22-47-23-20-39/h8,10-11,14,16,25-27,31-32,44H,4-7,9,12-13,15,17-24H2,1-3H3/t27-,31?,32-,38-/m1/s1. The molecule has 1 N–H and O–H groups in total. The number of amides is 1. The molecule has 1 saturated carbocycles. The average molecular weight is 681 g/mol. The van der Waals surface area contributed by atoms with Crippen molar-refractivity contribution in [3.05, 3.63) is 53.6 Å². The van der Waals surface area contributed by atoms with Gasteiger partial charge in [-0.2, -0.15) is 0 Å². The third kappa shape index (κ3) is 9.12. The number of aliphatic hydroxyl groups is 1. The van der Waals surface area contributed by atoms with E-state index in [1.807, 2.05) is 49.4 Å². The minimum atomic E-state index is -1.70. The van der Waals surface area contributed by atoms with Crippen molar-refractivity contribution in [1.29, 1.82) is 0 Å². The number of ketones is 1. The predicted octanol–water partition coefficient (Wildman–Crippen LogP) is 4.52. The number of esters is 1. The molecule has 3 aliphatic rings. The highest BCUT2D eigenvalue weighted by molar-refractivity contribution is 6.39. The molecule has 1 aliphatic carbocycles. The monoisotopic (exact) mass is 680 g/mol. The van der Waals surface area contributed by atoms with Gasteiger partial charge in [0.05, 0.1) is 27.4 Å². The summed E-state index contributed by atoms with van der Waals surface area (Å²) in [5.74, 6) is -0.577. The van der Waals surface area contributed by atoms with E-state index in [1.54, 1.807) is 14.2 Å². The van der Waals surface area contributed by atoms with Crippen LogP contribution in [0.3, 0.4) is 0 Å². The van der Waals surface area contributed by atoms with E-state index in [0.29, 0.717) is 62.4 Å². The Hall–Kier alpha value is -3.67. The van der Waals surface area contributed by atoms with Gasteiger partial charge in [0.1, 0.15) is 30.1 Å². The van der Waals surface area contributed by atoms with Crippen molar-refractivity contribution < 1.29 is 43.2 Å². The van der Waals surface area contributed by atoms with Crippen LogP contribution >= 0.6 is 0 Å². The van der Waals surface area contributed by atoms with Gasteiger partial charge in [0, 0.05) is 26.2 Å². The molecule has 11 heteroatoms. The molecule has 1 amide bonds. The number of methoxy groups -OCH3 is 2. The van der Waals surface area contributed by atoms with E-state index >= 15 is 0 Å². The van der Waals surface area contributed by atoms with Gasteiger partial charge >= 0.3 is 5.97 Å². The van der Waals surface area contributed by atoms with Gasteiger partial charge in [-0.25, -0.2) is 4.79 Å². The molecule has 0 radical (unpaired) electrons. The van der Waals surface area contributed by atoms with Crippen LogP contribution in [-0.4, -0.2) is 104 Å². The highest BCUT2D eigenvalue weighted by atomic mass is 16.5. The molecule has 268 valence electrons. The van der Waals surface area contributed by atoms with Crippen LogP contribution in [0.4, 0.5) is 0 Å². The summed E-state index contributed by atoms with van der Waals surface area (Å²) < 4.78 is 28.7. The fourth-order valence-electron chi connectivity index (χ4n) is 7.17. The lowest BCUT2D eigenvalue weighted by Gasteiger charge is -2.39. The van der Waals surface area contributed by atoms with Gasteiger partial charge in [0.2, 0.25) is 0 Å². The smallest absolute Gasteiger partial charge is 0.329 e. The maximum absolute atomic E-state index is 14.0. The van der Waals surface area contributed by atoms with Crippen molar-refractivity contribution in [3.63, 3.8) is 0 Å². The summed E-state index contributed by atoms with van der Waals surface area (Å²) in [5, 5.41) is 11.3. The summed E-state index contributed by atoms with van der Waals surface area (Å²) in [6, 6.07) is 12.4. The lowest BCUT2D eigenvalue weighted by atomic mass is 9.73. The number of Topliss-reactive ketones (excluding diaryl/α,β-unsaturated/α-hetero) is 1. The van der Waals surface area contributed by atoms with Crippen molar-refractivity contribution in [2.24, 2.45) is 5.92 Å². The quantitative estimate of drug-likeness (QED) is 0.225. The Balaban J connectivity index is 1.33. The van der Waals surface area contributed by atoms with E-state index in [0.717, 1.165) is 56.8 Å². The molecule has 2 aromatic carbocycles. The Bertz CT molecular complexity index is 1430. The van der Waals surface area contributed by atoms with Gasteiger partial charge in [0.25, 0.3) is 11.7 Å². The summed E-state index contributed by atoms with van der Waals surface area (Å²) in [6.45, 7) is 6.57. The second kappa shape index (κ2) is 17.3. The zero-order valence-electron chi connectivity index (χ0n) is 29.2. The first-order chi connectivity index (χ1) is 23.7. The van der Waals surface area contributed by atoms with Crippen molar-refractivity contribution in [2.75, 3.05) is 60.2 Å². The maximum atomic E-state index is 14.0. The molecule has 1 unspecified atom stereocenters. The number of hydrogen-bond acceptors (Lipinski definition) is 10. The molecule has 49 heavy (non-hydrogen) atoms. The van der Waals surface area contributed by atoms with Crippen LogP contribution < -0.4 is 14.2 Å². The topological polar surface area (TPSA) is 124 Å². The number of piperidine rings is 1. The average Bonchev–Trinajstić information content (AvgIpc) is 3.14. The number of carbonyl (C=O) groups excluding carboxylic acids is 3.